The van der Waals surface area contributed by atoms with Gasteiger partial charge in [0.25, 0.3) is 0 Å². The highest BCUT2D eigenvalue weighted by Crippen LogP contribution is 2.34. The van der Waals surface area contributed by atoms with Crippen molar-refractivity contribution in [2.45, 2.75) is 130 Å². The van der Waals surface area contributed by atoms with Crippen LogP contribution in [0.25, 0.3) is 0 Å². The van der Waals surface area contributed by atoms with Gasteiger partial charge >= 0.3 is 0 Å². The molecular formula is C23H45N5O13. The molecule has 19 atom stereocenters. The highest BCUT2D eigenvalue weighted by molar-refractivity contribution is 5.02. The van der Waals surface area contributed by atoms with E-state index in [1.54, 1.807) is 0 Å². The van der Waals surface area contributed by atoms with Crippen LogP contribution < -0.4 is 28.7 Å². The lowest BCUT2D eigenvalue weighted by molar-refractivity contribution is -0.306. The Kier molecular flexibility index (Phi) is 10.9. The number of aliphatic hydroxyl groups excluding tert-OH is 7. The molecular weight excluding hydrogens is 554 g/mol. The maximum Gasteiger partial charge on any atom is 0.187 e. The van der Waals surface area contributed by atoms with Crippen molar-refractivity contribution in [3.63, 3.8) is 0 Å². The van der Waals surface area contributed by atoms with Crippen molar-refractivity contribution < 1.29 is 64.2 Å². The first-order valence-corrected chi connectivity index (χ1v) is 13.6. The van der Waals surface area contributed by atoms with E-state index in [0.717, 1.165) is 0 Å². The molecule has 0 radical (unpaired) electrons. The van der Waals surface area contributed by atoms with Crippen LogP contribution in [0.3, 0.4) is 0 Å². The van der Waals surface area contributed by atoms with Gasteiger partial charge in [0.05, 0.1) is 30.9 Å². The largest absolute Gasteiger partial charge is 0.394 e. The van der Waals surface area contributed by atoms with E-state index < -0.39 is 123 Å². The molecule has 3 aliphatic heterocycles. The zero-order chi connectivity index (χ0) is 30.3. The van der Waals surface area contributed by atoms with E-state index in [1.807, 2.05) is 0 Å². The van der Waals surface area contributed by atoms with Crippen molar-refractivity contribution in [2.24, 2.45) is 28.7 Å². The van der Waals surface area contributed by atoms with Gasteiger partial charge in [-0.15, -0.1) is 0 Å². The standard InChI is InChI=1S/C23H45N5O13/c1-5-12(30)15(33)10(27)21(36-5)39-18-7(26)2-6(25)13(31)20(18)41-23-17(35)19(9(4-29)38-23)40-22-11(28)16(34)14(32)8(3-24)37-22/h5-23,29-35H,2-4,24-28H2,1H3/t5-,6-,7+,8-,9-,10-,11+,12-,13+,14+,15-,16+,17-,18-,19-,20-,21-,22+,23+/m1/s1. The maximum atomic E-state index is 11.1. The lowest BCUT2D eigenvalue weighted by atomic mass is 9.84. The summed E-state index contributed by atoms with van der Waals surface area (Å²) >= 11 is 0. The van der Waals surface area contributed by atoms with Gasteiger partial charge in [0.15, 0.2) is 18.9 Å². The van der Waals surface area contributed by atoms with E-state index in [4.69, 9.17) is 57.1 Å². The number of hydrogen-bond acceptors (Lipinski definition) is 18. The van der Waals surface area contributed by atoms with Crippen molar-refractivity contribution >= 4 is 0 Å². The molecule has 0 aromatic heterocycles. The average molecular weight is 600 g/mol. The molecule has 0 aromatic rings. The van der Waals surface area contributed by atoms with Crippen LogP contribution in [0.5, 0.6) is 0 Å². The summed E-state index contributed by atoms with van der Waals surface area (Å²) in [6, 6.07) is -4.07. The molecule has 4 aliphatic rings. The zero-order valence-corrected chi connectivity index (χ0v) is 22.6. The quantitative estimate of drug-likeness (QED) is 0.123. The van der Waals surface area contributed by atoms with E-state index >= 15 is 0 Å². The van der Waals surface area contributed by atoms with Crippen LogP contribution in [0.2, 0.25) is 0 Å². The second-order valence-electron chi connectivity index (χ2n) is 11.2. The molecule has 1 aliphatic carbocycles. The summed E-state index contributed by atoms with van der Waals surface area (Å²) in [4.78, 5) is 0. The molecule has 0 spiro atoms. The van der Waals surface area contributed by atoms with E-state index in [2.05, 4.69) is 0 Å². The van der Waals surface area contributed by atoms with E-state index in [1.165, 1.54) is 6.92 Å². The third kappa shape index (κ3) is 6.55. The normalized spacial score (nSPS) is 54.8. The van der Waals surface area contributed by atoms with Gasteiger partial charge in [-0.2, -0.15) is 0 Å². The minimum atomic E-state index is -1.59. The van der Waals surface area contributed by atoms with Gasteiger partial charge in [-0.1, -0.05) is 0 Å². The Morgan fingerprint density at radius 3 is 1.76 bits per heavy atom. The van der Waals surface area contributed by atoms with Gasteiger partial charge in [0.2, 0.25) is 0 Å². The predicted octanol–water partition coefficient (Wildman–Crippen LogP) is -7.83. The molecule has 0 amide bonds. The minimum absolute atomic E-state index is 0.112. The Hall–Kier alpha value is -0.720. The van der Waals surface area contributed by atoms with Gasteiger partial charge in [-0.25, -0.2) is 0 Å². The van der Waals surface area contributed by atoms with Crippen LogP contribution >= 0.6 is 0 Å². The molecule has 3 heterocycles. The first-order valence-electron chi connectivity index (χ1n) is 13.6. The molecule has 0 aromatic carbocycles. The van der Waals surface area contributed by atoms with Crippen molar-refractivity contribution in [2.75, 3.05) is 13.2 Å². The summed E-state index contributed by atoms with van der Waals surface area (Å²) in [7, 11) is 0. The van der Waals surface area contributed by atoms with Crippen molar-refractivity contribution in [1.29, 1.82) is 0 Å². The van der Waals surface area contributed by atoms with E-state index in [9.17, 15) is 35.7 Å². The highest BCUT2D eigenvalue weighted by Gasteiger charge is 2.54. The summed E-state index contributed by atoms with van der Waals surface area (Å²) < 4.78 is 34.6. The maximum absolute atomic E-state index is 11.1. The predicted molar refractivity (Wildman–Crippen MR) is 135 cm³/mol. The molecule has 0 bridgehead atoms. The van der Waals surface area contributed by atoms with Crippen molar-refractivity contribution in [3.8, 4) is 0 Å². The lowest BCUT2D eigenvalue weighted by Gasteiger charge is -2.47. The highest BCUT2D eigenvalue weighted by atomic mass is 16.8. The molecule has 18 nitrogen and oxygen atoms in total. The molecule has 1 saturated carbocycles. The lowest BCUT2D eigenvalue weighted by Crippen LogP contribution is -2.67. The Balaban J connectivity index is 1.49. The number of hydrogen-bond donors (Lipinski definition) is 12. The van der Waals surface area contributed by atoms with Gasteiger partial charge in [-0.05, 0) is 13.3 Å². The summed E-state index contributed by atoms with van der Waals surface area (Å²) in [5, 5.41) is 72.7. The zero-order valence-electron chi connectivity index (χ0n) is 22.6. The number of nitrogens with two attached hydrogens (primary N) is 5. The fourth-order valence-corrected chi connectivity index (χ4v) is 5.64. The van der Waals surface area contributed by atoms with Gasteiger partial charge in [0, 0.05) is 18.6 Å². The van der Waals surface area contributed by atoms with Gasteiger partial charge < -0.3 is 92.8 Å². The molecule has 0 unspecified atom stereocenters. The number of rotatable bonds is 8. The third-order valence-corrected chi connectivity index (χ3v) is 8.28. The van der Waals surface area contributed by atoms with Crippen molar-refractivity contribution in [3.05, 3.63) is 0 Å². The summed E-state index contributed by atoms with van der Waals surface area (Å²) in [5.74, 6) is 0. The molecule has 4 rings (SSSR count). The minimum Gasteiger partial charge on any atom is -0.394 e. The second kappa shape index (κ2) is 13.5. The molecule has 18 heteroatoms. The molecule has 17 N–H and O–H groups in total. The van der Waals surface area contributed by atoms with Crippen LogP contribution in [0.15, 0.2) is 0 Å². The number of ether oxygens (including phenoxy) is 6. The van der Waals surface area contributed by atoms with Crippen molar-refractivity contribution in [1.82, 2.24) is 0 Å². The van der Waals surface area contributed by atoms with Gasteiger partial charge in [0.1, 0.15) is 61.0 Å². The molecule has 240 valence electrons. The van der Waals surface area contributed by atoms with Gasteiger partial charge in [-0.3, -0.25) is 0 Å². The Bertz CT molecular complexity index is 852. The van der Waals surface area contributed by atoms with Crippen LogP contribution in [-0.4, -0.2) is 165 Å². The van der Waals surface area contributed by atoms with Crippen LogP contribution in [0.4, 0.5) is 0 Å². The Labute approximate surface area is 236 Å². The topological polar surface area (TPSA) is 327 Å². The Morgan fingerprint density at radius 1 is 0.610 bits per heavy atom. The second-order valence-corrected chi connectivity index (χ2v) is 11.2. The first-order chi connectivity index (χ1) is 19.3. The third-order valence-electron chi connectivity index (χ3n) is 8.28. The SMILES string of the molecule is C[C@H]1O[C@H](O[C@H]2[C@H](O[C@@H]3O[C@H](CO)[C@@H](O[C@@H]4O[C@H](CN)[C@H](O)[C@@H](O)[C@@H]4N)[C@H]3O)[C@@H](O)[C@H](N)C[C@@H]2N)[C@H](N)[C@@H](O)[C@@H]1O. The van der Waals surface area contributed by atoms with Crippen LogP contribution in [0.1, 0.15) is 13.3 Å². The Morgan fingerprint density at radius 2 is 1.15 bits per heavy atom. The summed E-state index contributed by atoms with van der Waals surface area (Å²) in [6.07, 6.45) is -19.1. The first kappa shape index (κ1) is 33.2. The fraction of sp³-hybridized carbons (Fsp3) is 1.00. The summed E-state index contributed by atoms with van der Waals surface area (Å²) in [6.45, 7) is 0.726. The monoisotopic (exact) mass is 599 g/mol. The van der Waals surface area contributed by atoms with Crippen LogP contribution in [-0.2, 0) is 28.4 Å². The van der Waals surface area contributed by atoms with E-state index in [0.29, 0.717) is 0 Å². The smallest absolute Gasteiger partial charge is 0.187 e. The van der Waals surface area contributed by atoms with Crippen LogP contribution in [0, 0.1) is 0 Å². The molecule has 41 heavy (non-hydrogen) atoms. The van der Waals surface area contributed by atoms with E-state index in [-0.39, 0.29) is 13.0 Å². The average Bonchev–Trinajstić information content (AvgIpc) is 3.24. The number of aliphatic hydroxyl groups is 7. The summed E-state index contributed by atoms with van der Waals surface area (Å²) in [5.41, 5.74) is 30.0. The molecule has 3 saturated heterocycles. The fourth-order valence-electron chi connectivity index (χ4n) is 5.64. The molecule has 4 fully saturated rings.